The summed E-state index contributed by atoms with van der Waals surface area (Å²) < 4.78 is 1.08. The molecule has 0 radical (unpaired) electrons. The second kappa shape index (κ2) is 4.13. The van der Waals surface area contributed by atoms with Crippen molar-refractivity contribution in [2.75, 3.05) is 6.54 Å². The van der Waals surface area contributed by atoms with E-state index in [1.807, 2.05) is 12.1 Å². The van der Waals surface area contributed by atoms with Gasteiger partial charge < -0.3 is 5.32 Å². The summed E-state index contributed by atoms with van der Waals surface area (Å²) in [5, 5.41) is 2.85. The maximum absolute atomic E-state index is 11.3. The number of halogens is 1. The summed E-state index contributed by atoms with van der Waals surface area (Å²) in [5.41, 5.74) is 1.23. The van der Waals surface area contributed by atoms with Gasteiger partial charge in [-0.3, -0.25) is 4.79 Å². The van der Waals surface area contributed by atoms with Crippen molar-refractivity contribution in [3.05, 3.63) is 34.3 Å². The Hall–Kier alpha value is -0.830. The Bertz CT molecular complexity index is 334. The molecule has 1 saturated heterocycles. The Labute approximate surface area is 91.8 Å². The van der Waals surface area contributed by atoms with Gasteiger partial charge in [0.25, 0.3) is 0 Å². The van der Waals surface area contributed by atoms with Crippen LogP contribution in [0.3, 0.4) is 0 Å². The zero-order valence-corrected chi connectivity index (χ0v) is 9.38. The number of nitrogens with one attached hydrogen (secondary N) is 1. The minimum absolute atomic E-state index is 0.177. The predicted molar refractivity (Wildman–Crippen MR) is 59.0 cm³/mol. The molecule has 1 aromatic rings. The van der Waals surface area contributed by atoms with Crippen molar-refractivity contribution in [1.82, 2.24) is 5.32 Å². The van der Waals surface area contributed by atoms with Crippen molar-refractivity contribution in [2.24, 2.45) is 5.92 Å². The fraction of sp³-hybridized carbons (Fsp3) is 0.364. The van der Waals surface area contributed by atoms with Crippen LogP contribution in [0.4, 0.5) is 0 Å². The van der Waals surface area contributed by atoms with E-state index < -0.39 is 0 Å². The van der Waals surface area contributed by atoms with Gasteiger partial charge in [-0.2, -0.15) is 0 Å². The quantitative estimate of drug-likeness (QED) is 0.860. The third-order valence-electron chi connectivity index (χ3n) is 2.56. The van der Waals surface area contributed by atoms with E-state index >= 15 is 0 Å². The monoisotopic (exact) mass is 253 g/mol. The third kappa shape index (κ3) is 2.15. The number of hydrogen-bond donors (Lipinski definition) is 1. The molecule has 1 heterocycles. The first-order valence-electron chi connectivity index (χ1n) is 4.78. The highest BCUT2D eigenvalue weighted by atomic mass is 79.9. The molecular weight excluding hydrogens is 242 g/mol. The van der Waals surface area contributed by atoms with Crippen LogP contribution in [0.25, 0.3) is 0 Å². The van der Waals surface area contributed by atoms with Crippen LogP contribution in [0.1, 0.15) is 12.0 Å². The number of carbonyl (C=O) groups is 1. The van der Waals surface area contributed by atoms with Crippen LogP contribution in [0.2, 0.25) is 0 Å². The molecule has 1 aliphatic rings. The Balaban J connectivity index is 2.03. The zero-order chi connectivity index (χ0) is 9.97. The summed E-state index contributed by atoms with van der Waals surface area (Å²) in [6.07, 6.45) is 1.83. The fourth-order valence-corrected chi connectivity index (χ4v) is 2.01. The largest absolute Gasteiger partial charge is 0.356 e. The van der Waals surface area contributed by atoms with E-state index in [4.69, 9.17) is 0 Å². The molecular formula is C11H12BrNO. The lowest BCUT2D eigenvalue weighted by molar-refractivity contribution is -0.122. The molecule has 1 amide bonds. The summed E-state index contributed by atoms with van der Waals surface area (Å²) in [4.78, 5) is 11.3. The third-order valence-corrected chi connectivity index (χ3v) is 3.09. The summed E-state index contributed by atoms with van der Waals surface area (Å²) in [7, 11) is 0. The van der Waals surface area contributed by atoms with Crippen LogP contribution in [0, 0.1) is 5.92 Å². The van der Waals surface area contributed by atoms with Crippen LogP contribution >= 0.6 is 15.9 Å². The van der Waals surface area contributed by atoms with Crippen molar-refractivity contribution < 1.29 is 4.79 Å². The van der Waals surface area contributed by atoms with Gasteiger partial charge in [-0.25, -0.2) is 0 Å². The van der Waals surface area contributed by atoms with Crippen molar-refractivity contribution >= 4 is 21.8 Å². The van der Waals surface area contributed by atoms with Gasteiger partial charge in [0.15, 0.2) is 0 Å². The minimum Gasteiger partial charge on any atom is -0.356 e. The van der Waals surface area contributed by atoms with E-state index in [2.05, 4.69) is 33.4 Å². The number of amides is 1. The molecule has 0 saturated carbocycles. The summed E-state index contributed by atoms with van der Waals surface area (Å²) in [6, 6.07) is 8.16. The van der Waals surface area contributed by atoms with E-state index in [9.17, 15) is 4.79 Å². The second-order valence-corrected chi connectivity index (χ2v) is 4.52. The highest BCUT2D eigenvalue weighted by Gasteiger charge is 2.23. The normalized spacial score (nSPS) is 20.9. The van der Waals surface area contributed by atoms with Crippen LogP contribution in [0.5, 0.6) is 0 Å². The molecule has 0 aliphatic carbocycles. The average molecular weight is 254 g/mol. The predicted octanol–water partition coefficient (Wildman–Crippen LogP) is 2.13. The molecule has 1 fully saturated rings. The van der Waals surface area contributed by atoms with E-state index in [0.717, 1.165) is 23.9 Å². The zero-order valence-electron chi connectivity index (χ0n) is 7.79. The van der Waals surface area contributed by atoms with Gasteiger partial charge in [-0.15, -0.1) is 0 Å². The smallest absolute Gasteiger partial charge is 0.223 e. The lowest BCUT2D eigenvalue weighted by Crippen LogP contribution is -2.20. The summed E-state index contributed by atoms with van der Waals surface area (Å²) in [6.45, 7) is 0.833. The Morgan fingerprint density at radius 3 is 2.64 bits per heavy atom. The van der Waals surface area contributed by atoms with Gasteiger partial charge in [0.05, 0.1) is 0 Å². The van der Waals surface area contributed by atoms with Crippen LogP contribution < -0.4 is 5.32 Å². The molecule has 3 heteroatoms. The Kier molecular flexibility index (Phi) is 2.87. The van der Waals surface area contributed by atoms with Crippen molar-refractivity contribution in [3.8, 4) is 0 Å². The standard InChI is InChI=1S/C11H12BrNO/c12-10-3-1-8(2-4-10)7-9-5-6-13-11(9)14/h1-4,9H,5-7H2,(H,13,14)/t9-/m0/s1. The van der Waals surface area contributed by atoms with E-state index in [0.29, 0.717) is 0 Å². The molecule has 0 unspecified atom stereocenters. The molecule has 0 bridgehead atoms. The summed E-state index contributed by atoms with van der Waals surface area (Å²) in [5.74, 6) is 0.379. The molecule has 1 atom stereocenters. The van der Waals surface area contributed by atoms with Gasteiger partial charge >= 0.3 is 0 Å². The topological polar surface area (TPSA) is 29.1 Å². The van der Waals surface area contributed by atoms with E-state index in [1.54, 1.807) is 0 Å². The summed E-state index contributed by atoms with van der Waals surface area (Å²) >= 11 is 3.39. The van der Waals surface area contributed by atoms with Crippen LogP contribution in [-0.4, -0.2) is 12.5 Å². The number of benzene rings is 1. The van der Waals surface area contributed by atoms with Crippen LogP contribution in [-0.2, 0) is 11.2 Å². The molecule has 1 aromatic carbocycles. The van der Waals surface area contributed by atoms with Gasteiger partial charge in [0.2, 0.25) is 5.91 Å². The maximum atomic E-state index is 11.3. The highest BCUT2D eigenvalue weighted by Crippen LogP contribution is 2.18. The van der Waals surface area contributed by atoms with E-state index in [-0.39, 0.29) is 11.8 Å². The lowest BCUT2D eigenvalue weighted by Gasteiger charge is -2.06. The Morgan fingerprint density at radius 1 is 1.36 bits per heavy atom. The van der Waals surface area contributed by atoms with E-state index in [1.165, 1.54) is 5.56 Å². The second-order valence-electron chi connectivity index (χ2n) is 3.61. The first-order chi connectivity index (χ1) is 6.75. The number of rotatable bonds is 2. The molecule has 0 aromatic heterocycles. The molecule has 1 aliphatic heterocycles. The Morgan fingerprint density at radius 2 is 2.07 bits per heavy atom. The SMILES string of the molecule is O=C1NCC[C@H]1Cc1ccc(Br)cc1. The first kappa shape index (κ1) is 9.71. The van der Waals surface area contributed by atoms with Crippen molar-refractivity contribution in [2.45, 2.75) is 12.8 Å². The lowest BCUT2D eigenvalue weighted by atomic mass is 9.98. The molecule has 0 spiro atoms. The average Bonchev–Trinajstić information content (AvgIpc) is 2.56. The van der Waals surface area contributed by atoms with Gasteiger partial charge in [0.1, 0.15) is 0 Å². The molecule has 1 N–H and O–H groups in total. The molecule has 2 rings (SSSR count). The maximum Gasteiger partial charge on any atom is 0.223 e. The number of hydrogen-bond acceptors (Lipinski definition) is 1. The van der Waals surface area contributed by atoms with Gasteiger partial charge in [0, 0.05) is 16.9 Å². The van der Waals surface area contributed by atoms with Gasteiger partial charge in [-0.05, 0) is 30.5 Å². The molecule has 74 valence electrons. The van der Waals surface area contributed by atoms with Crippen molar-refractivity contribution in [1.29, 1.82) is 0 Å². The molecule has 14 heavy (non-hydrogen) atoms. The molecule has 2 nitrogen and oxygen atoms in total. The number of carbonyl (C=O) groups excluding carboxylic acids is 1. The fourth-order valence-electron chi connectivity index (χ4n) is 1.74. The van der Waals surface area contributed by atoms with Crippen molar-refractivity contribution in [3.63, 3.8) is 0 Å². The van der Waals surface area contributed by atoms with Gasteiger partial charge in [-0.1, -0.05) is 28.1 Å². The highest BCUT2D eigenvalue weighted by molar-refractivity contribution is 9.10. The van der Waals surface area contributed by atoms with Crippen LogP contribution in [0.15, 0.2) is 28.7 Å². The minimum atomic E-state index is 0.177. The first-order valence-corrected chi connectivity index (χ1v) is 5.57.